The van der Waals surface area contributed by atoms with Crippen molar-refractivity contribution in [2.75, 3.05) is 19.6 Å². The predicted molar refractivity (Wildman–Crippen MR) is 128 cm³/mol. The molecule has 2 aliphatic rings. The van der Waals surface area contributed by atoms with E-state index < -0.39 is 0 Å². The summed E-state index contributed by atoms with van der Waals surface area (Å²) >= 11 is 0. The van der Waals surface area contributed by atoms with E-state index in [1.165, 1.54) is 34.1 Å². The second kappa shape index (κ2) is 8.58. The number of carbonyl (C=O) groups excluding carboxylic acids is 1. The lowest BCUT2D eigenvalue weighted by Crippen LogP contribution is -2.38. The van der Waals surface area contributed by atoms with Crippen LogP contribution in [0.3, 0.4) is 0 Å². The zero-order chi connectivity index (χ0) is 22.2. The molecule has 3 aromatic rings. The van der Waals surface area contributed by atoms with Crippen molar-refractivity contribution in [2.24, 2.45) is 0 Å². The topological polar surface area (TPSA) is 68.1 Å². The molecule has 1 fully saturated rings. The summed E-state index contributed by atoms with van der Waals surface area (Å²) in [5, 5.41) is 7.67. The molecule has 2 aliphatic heterocycles. The molecule has 5 rings (SSSR count). The molecule has 0 spiro atoms. The monoisotopic (exact) mass is 432 g/mol. The van der Waals surface area contributed by atoms with E-state index in [0.717, 1.165) is 50.9 Å². The molecule has 4 heterocycles. The van der Waals surface area contributed by atoms with Gasteiger partial charge in [-0.1, -0.05) is 18.2 Å². The Kier molecular flexibility index (Phi) is 5.64. The van der Waals surface area contributed by atoms with Crippen LogP contribution in [-0.4, -0.2) is 34.7 Å². The first-order valence-corrected chi connectivity index (χ1v) is 11.9. The molecule has 168 valence electrons. The van der Waals surface area contributed by atoms with Crippen LogP contribution in [-0.2, 0) is 19.4 Å². The van der Waals surface area contributed by atoms with Gasteiger partial charge in [-0.3, -0.25) is 9.59 Å². The largest absolute Gasteiger partial charge is 0.352 e. The van der Waals surface area contributed by atoms with Crippen LogP contribution in [0.25, 0.3) is 10.9 Å². The van der Waals surface area contributed by atoms with Crippen LogP contribution in [0, 0.1) is 13.8 Å². The summed E-state index contributed by atoms with van der Waals surface area (Å²) in [5.74, 6) is -0.262. The lowest BCUT2D eigenvalue weighted by atomic mass is 10.0. The maximum atomic E-state index is 13.2. The molecule has 6 heteroatoms. The Balaban J connectivity index is 1.35. The molecule has 6 nitrogen and oxygen atoms in total. The van der Waals surface area contributed by atoms with Crippen molar-refractivity contribution in [1.82, 2.24) is 19.8 Å². The third-order valence-electron chi connectivity index (χ3n) is 7.30. The van der Waals surface area contributed by atoms with Gasteiger partial charge in [-0.05, 0) is 81.8 Å². The first kappa shape index (κ1) is 21.0. The first-order chi connectivity index (χ1) is 15.6. The Hall–Kier alpha value is -2.86. The van der Waals surface area contributed by atoms with E-state index in [1.54, 1.807) is 4.57 Å². The summed E-state index contributed by atoms with van der Waals surface area (Å²) in [7, 11) is 0. The third kappa shape index (κ3) is 3.56. The summed E-state index contributed by atoms with van der Waals surface area (Å²) in [6, 6.07) is 8.63. The number of benzene rings is 1. The number of aryl methyl sites for hydroxylation is 3. The van der Waals surface area contributed by atoms with E-state index in [-0.39, 0.29) is 23.1 Å². The normalized spacial score (nSPS) is 16.4. The van der Waals surface area contributed by atoms with Gasteiger partial charge in [0, 0.05) is 36.4 Å². The van der Waals surface area contributed by atoms with Gasteiger partial charge in [-0.15, -0.1) is 0 Å². The second-order valence-corrected chi connectivity index (χ2v) is 9.21. The smallest absolute Gasteiger partial charge is 0.263 e. The number of piperidine rings is 1. The molecular weight excluding hydrogens is 400 g/mol. The number of hydrogen-bond acceptors (Lipinski definition) is 3. The van der Waals surface area contributed by atoms with Gasteiger partial charge in [-0.2, -0.15) is 0 Å². The van der Waals surface area contributed by atoms with Gasteiger partial charge in [0.15, 0.2) is 0 Å². The maximum absolute atomic E-state index is 13.2. The minimum atomic E-state index is -0.262. The summed E-state index contributed by atoms with van der Waals surface area (Å²) < 4.78 is 4.20. The van der Waals surface area contributed by atoms with E-state index in [9.17, 15) is 9.59 Å². The van der Waals surface area contributed by atoms with Crippen LogP contribution >= 0.6 is 0 Å². The van der Waals surface area contributed by atoms with Crippen LogP contribution in [0.5, 0.6) is 0 Å². The second-order valence-electron chi connectivity index (χ2n) is 9.21. The molecule has 32 heavy (non-hydrogen) atoms. The molecule has 0 aliphatic carbocycles. The van der Waals surface area contributed by atoms with Crippen LogP contribution in [0.15, 0.2) is 35.3 Å². The fraction of sp³-hybridized carbons (Fsp3) is 0.462. The van der Waals surface area contributed by atoms with Crippen molar-refractivity contribution < 1.29 is 4.79 Å². The highest BCUT2D eigenvalue weighted by Gasteiger charge is 2.22. The van der Waals surface area contributed by atoms with Gasteiger partial charge in [0.2, 0.25) is 0 Å². The SMILES string of the molecule is Cc1ccn(C2CCNCC2)c(=O)c1C(=O)NCCc1c(C)n2c3c(cccc13)CCC2. The van der Waals surface area contributed by atoms with Crippen molar-refractivity contribution in [3.8, 4) is 0 Å². The van der Waals surface area contributed by atoms with Crippen LogP contribution < -0.4 is 16.2 Å². The summed E-state index contributed by atoms with van der Waals surface area (Å²) in [5.41, 5.74) is 6.24. The lowest BCUT2D eigenvalue weighted by molar-refractivity contribution is 0.0951. The van der Waals surface area contributed by atoms with Gasteiger partial charge >= 0.3 is 0 Å². The van der Waals surface area contributed by atoms with Crippen LogP contribution in [0.1, 0.15) is 58.0 Å². The molecule has 0 bridgehead atoms. The van der Waals surface area contributed by atoms with Gasteiger partial charge in [0.1, 0.15) is 5.56 Å². The molecule has 1 amide bonds. The highest BCUT2D eigenvalue weighted by atomic mass is 16.2. The van der Waals surface area contributed by atoms with Crippen molar-refractivity contribution in [3.63, 3.8) is 0 Å². The Bertz CT molecular complexity index is 1230. The molecule has 0 unspecified atom stereocenters. The summed E-state index contributed by atoms with van der Waals surface area (Å²) in [4.78, 5) is 26.2. The molecular formula is C26H32N4O2. The Morgan fingerprint density at radius 1 is 1.19 bits per heavy atom. The third-order valence-corrected chi connectivity index (χ3v) is 7.30. The number of nitrogens with zero attached hydrogens (tertiary/aromatic N) is 2. The number of nitrogens with one attached hydrogen (secondary N) is 2. The average Bonchev–Trinajstić information content (AvgIpc) is 3.08. The van der Waals surface area contributed by atoms with E-state index in [0.29, 0.717) is 6.54 Å². The highest BCUT2D eigenvalue weighted by Crippen LogP contribution is 2.32. The van der Waals surface area contributed by atoms with E-state index in [4.69, 9.17) is 0 Å². The molecule has 0 atom stereocenters. The summed E-state index contributed by atoms with van der Waals surface area (Å²) in [6.45, 7) is 7.42. The number of hydrogen-bond donors (Lipinski definition) is 2. The standard InChI is InChI=1S/C26H32N4O2/c1-17-11-16-30(20-8-12-27-13-9-20)26(32)23(17)25(31)28-14-10-21-18(2)29-15-4-6-19-5-3-7-22(21)24(19)29/h3,5,7,11,16,20,27H,4,6,8-10,12-15H2,1-2H3,(H,28,31). The van der Waals surface area contributed by atoms with Gasteiger partial charge in [-0.25, -0.2) is 0 Å². The fourth-order valence-corrected chi connectivity index (χ4v) is 5.58. The molecule has 1 saturated heterocycles. The van der Waals surface area contributed by atoms with Crippen molar-refractivity contribution in [1.29, 1.82) is 0 Å². The van der Waals surface area contributed by atoms with Crippen molar-refractivity contribution in [2.45, 2.75) is 58.5 Å². The number of amides is 1. The number of para-hydroxylation sites is 1. The minimum Gasteiger partial charge on any atom is -0.352 e. The van der Waals surface area contributed by atoms with Crippen molar-refractivity contribution in [3.05, 3.63) is 68.8 Å². The van der Waals surface area contributed by atoms with Gasteiger partial charge in [0.05, 0.1) is 5.52 Å². The Morgan fingerprint density at radius 2 is 2.00 bits per heavy atom. The zero-order valence-corrected chi connectivity index (χ0v) is 19.0. The molecule has 2 N–H and O–H groups in total. The van der Waals surface area contributed by atoms with E-state index in [2.05, 4.69) is 40.3 Å². The highest BCUT2D eigenvalue weighted by molar-refractivity contribution is 5.95. The Morgan fingerprint density at radius 3 is 2.81 bits per heavy atom. The summed E-state index contributed by atoms with van der Waals surface area (Å²) in [6.07, 6.45) is 6.74. The first-order valence-electron chi connectivity index (χ1n) is 11.9. The maximum Gasteiger partial charge on any atom is 0.263 e. The molecule has 0 radical (unpaired) electrons. The van der Waals surface area contributed by atoms with Crippen LogP contribution in [0.2, 0.25) is 0 Å². The molecule has 0 saturated carbocycles. The van der Waals surface area contributed by atoms with Crippen LogP contribution in [0.4, 0.5) is 0 Å². The van der Waals surface area contributed by atoms with Gasteiger partial charge in [0.25, 0.3) is 11.5 Å². The van der Waals surface area contributed by atoms with Crippen molar-refractivity contribution >= 4 is 16.8 Å². The minimum absolute atomic E-state index is 0.161. The Labute approximate surface area is 188 Å². The van der Waals surface area contributed by atoms with E-state index >= 15 is 0 Å². The average molecular weight is 433 g/mol. The zero-order valence-electron chi connectivity index (χ0n) is 19.0. The quantitative estimate of drug-likeness (QED) is 0.650. The number of aromatic nitrogens is 2. The predicted octanol–water partition coefficient (Wildman–Crippen LogP) is 3.26. The number of rotatable bonds is 5. The fourth-order valence-electron chi connectivity index (χ4n) is 5.58. The molecule has 1 aromatic carbocycles. The number of pyridine rings is 1. The van der Waals surface area contributed by atoms with Gasteiger partial charge < -0.3 is 19.8 Å². The lowest BCUT2D eigenvalue weighted by Gasteiger charge is -2.25. The number of carbonyl (C=O) groups is 1. The van der Waals surface area contributed by atoms with E-state index in [1.807, 2.05) is 19.2 Å². The molecule has 2 aromatic heterocycles.